The van der Waals surface area contributed by atoms with Gasteiger partial charge < -0.3 is 10.6 Å². The molecule has 0 spiro atoms. The first-order chi connectivity index (χ1) is 6.55. The largest absolute Gasteiger partial charge is 0.353 e. The molecule has 0 aromatic heterocycles. The van der Waals surface area contributed by atoms with Crippen LogP contribution in [0.2, 0.25) is 0 Å². The molecule has 0 aromatic rings. The maximum atomic E-state index is 11.8. The van der Waals surface area contributed by atoms with Crippen LogP contribution >= 0.6 is 0 Å². The summed E-state index contributed by atoms with van der Waals surface area (Å²) >= 11 is 0. The van der Waals surface area contributed by atoms with E-state index in [1.165, 1.54) is 0 Å². The van der Waals surface area contributed by atoms with Gasteiger partial charge in [0.2, 0.25) is 11.8 Å². The first-order valence-corrected chi connectivity index (χ1v) is 5.12. The average Bonchev–Trinajstić information content (AvgIpc) is 2.26. The van der Waals surface area contributed by atoms with Crippen molar-refractivity contribution >= 4 is 11.8 Å². The second kappa shape index (κ2) is 3.98. The third-order valence-corrected chi connectivity index (χ3v) is 3.05. The van der Waals surface area contributed by atoms with Gasteiger partial charge >= 0.3 is 0 Å². The van der Waals surface area contributed by atoms with Crippen LogP contribution in [0.15, 0.2) is 0 Å². The van der Waals surface area contributed by atoms with E-state index in [1.54, 1.807) is 0 Å². The molecule has 1 aliphatic heterocycles. The summed E-state index contributed by atoms with van der Waals surface area (Å²) in [6, 6.07) is 0. The molecule has 1 rings (SSSR count). The van der Waals surface area contributed by atoms with Gasteiger partial charge in [0.05, 0.1) is 0 Å². The lowest BCUT2D eigenvalue weighted by Crippen LogP contribution is -2.50. The molecule has 0 saturated carbocycles. The predicted octanol–water partition coefficient (Wildman–Crippen LogP) is 0.285. The van der Waals surface area contributed by atoms with Gasteiger partial charge in [-0.3, -0.25) is 9.59 Å². The molecule has 4 nitrogen and oxygen atoms in total. The highest BCUT2D eigenvalue weighted by atomic mass is 16.2. The van der Waals surface area contributed by atoms with Gasteiger partial charge in [-0.2, -0.15) is 0 Å². The van der Waals surface area contributed by atoms with E-state index in [0.717, 1.165) is 0 Å². The lowest BCUT2D eigenvalue weighted by molar-refractivity contribution is -0.145. The molecule has 1 aliphatic rings. The van der Waals surface area contributed by atoms with E-state index in [-0.39, 0.29) is 17.7 Å². The fourth-order valence-electron chi connectivity index (χ4n) is 2.02. The van der Waals surface area contributed by atoms with Gasteiger partial charge in [-0.05, 0) is 12.3 Å². The Kier molecular flexibility index (Phi) is 3.13. The third-order valence-electron chi connectivity index (χ3n) is 3.05. The fourth-order valence-corrected chi connectivity index (χ4v) is 2.02. The molecule has 1 saturated heterocycles. The lowest BCUT2D eigenvalue weighted by atomic mass is 9.73. The zero-order valence-electron chi connectivity index (χ0n) is 9.02. The van der Waals surface area contributed by atoms with E-state index in [2.05, 4.69) is 10.6 Å². The van der Waals surface area contributed by atoms with Crippen molar-refractivity contribution in [2.45, 2.75) is 27.2 Å². The number of nitrogens with one attached hydrogen (secondary N) is 2. The maximum Gasteiger partial charge on any atom is 0.236 e. The molecular weight excluding hydrogens is 180 g/mol. The fraction of sp³-hybridized carbons (Fsp3) is 0.800. The summed E-state index contributed by atoms with van der Waals surface area (Å²) in [5.41, 5.74) is -0.878. The Labute approximate surface area is 84.4 Å². The minimum Gasteiger partial charge on any atom is -0.353 e. The Morgan fingerprint density at radius 3 is 1.93 bits per heavy atom. The summed E-state index contributed by atoms with van der Waals surface area (Å²) in [7, 11) is 0. The third kappa shape index (κ3) is 1.49. The van der Waals surface area contributed by atoms with Crippen molar-refractivity contribution in [3.8, 4) is 0 Å². The SMILES string of the molecule is CCC1(C(C)C)C(=O)NCCNC1=O. The number of rotatable bonds is 2. The van der Waals surface area contributed by atoms with Crippen LogP contribution < -0.4 is 10.6 Å². The zero-order valence-corrected chi connectivity index (χ0v) is 9.02. The number of carbonyl (C=O) groups excluding carboxylic acids is 2. The maximum absolute atomic E-state index is 11.8. The summed E-state index contributed by atoms with van der Waals surface area (Å²) in [5.74, 6) is -0.249. The minimum atomic E-state index is -0.878. The van der Waals surface area contributed by atoms with Crippen LogP contribution in [0.5, 0.6) is 0 Å². The summed E-state index contributed by atoms with van der Waals surface area (Å²) in [4.78, 5) is 23.7. The number of carbonyl (C=O) groups is 2. The molecule has 0 bridgehead atoms. The molecule has 0 atom stereocenters. The number of hydrogen-bond donors (Lipinski definition) is 2. The van der Waals surface area contributed by atoms with E-state index < -0.39 is 5.41 Å². The summed E-state index contributed by atoms with van der Waals surface area (Å²) in [5, 5.41) is 5.55. The molecule has 2 N–H and O–H groups in total. The van der Waals surface area contributed by atoms with Crippen LogP contribution in [0.25, 0.3) is 0 Å². The second-order valence-electron chi connectivity index (χ2n) is 3.99. The lowest BCUT2D eigenvalue weighted by Gasteiger charge is -2.31. The van der Waals surface area contributed by atoms with Crippen molar-refractivity contribution in [2.75, 3.05) is 13.1 Å². The zero-order chi connectivity index (χ0) is 10.8. The Balaban J connectivity index is 3.07. The Bertz CT molecular complexity index is 231. The Hall–Kier alpha value is -1.06. The topological polar surface area (TPSA) is 58.2 Å². The van der Waals surface area contributed by atoms with Crippen LogP contribution in [0.3, 0.4) is 0 Å². The van der Waals surface area contributed by atoms with Gasteiger partial charge in [0.25, 0.3) is 0 Å². The summed E-state index contributed by atoms with van der Waals surface area (Å²) < 4.78 is 0. The molecule has 1 heterocycles. The molecule has 4 heteroatoms. The van der Waals surface area contributed by atoms with Gasteiger partial charge in [-0.25, -0.2) is 0 Å². The Morgan fingerprint density at radius 2 is 1.64 bits per heavy atom. The first-order valence-electron chi connectivity index (χ1n) is 5.12. The summed E-state index contributed by atoms with van der Waals surface area (Å²) in [6.07, 6.45) is 0.544. The molecule has 1 fully saturated rings. The van der Waals surface area contributed by atoms with Crippen LogP contribution in [-0.2, 0) is 9.59 Å². The highest BCUT2D eigenvalue weighted by Crippen LogP contribution is 2.32. The average molecular weight is 198 g/mol. The van der Waals surface area contributed by atoms with Crippen LogP contribution in [-0.4, -0.2) is 24.9 Å². The molecule has 14 heavy (non-hydrogen) atoms. The first kappa shape index (κ1) is 11.0. The van der Waals surface area contributed by atoms with Crippen molar-refractivity contribution in [3.63, 3.8) is 0 Å². The van der Waals surface area contributed by atoms with E-state index in [0.29, 0.717) is 19.5 Å². The molecular formula is C10H18N2O2. The summed E-state index contributed by atoms with van der Waals surface area (Å²) in [6.45, 7) is 6.75. The quantitative estimate of drug-likeness (QED) is 0.626. The molecule has 2 amide bonds. The van der Waals surface area contributed by atoms with Crippen molar-refractivity contribution in [1.82, 2.24) is 10.6 Å². The molecule has 0 aromatic carbocycles. The van der Waals surface area contributed by atoms with E-state index in [1.807, 2.05) is 20.8 Å². The van der Waals surface area contributed by atoms with Crippen molar-refractivity contribution in [3.05, 3.63) is 0 Å². The molecule has 0 unspecified atom stereocenters. The number of amides is 2. The molecule has 0 radical (unpaired) electrons. The van der Waals surface area contributed by atoms with E-state index in [9.17, 15) is 9.59 Å². The smallest absolute Gasteiger partial charge is 0.236 e. The molecule has 0 aliphatic carbocycles. The predicted molar refractivity (Wildman–Crippen MR) is 53.6 cm³/mol. The van der Waals surface area contributed by atoms with Crippen molar-refractivity contribution in [1.29, 1.82) is 0 Å². The van der Waals surface area contributed by atoms with E-state index in [4.69, 9.17) is 0 Å². The van der Waals surface area contributed by atoms with Crippen LogP contribution in [0.1, 0.15) is 27.2 Å². The van der Waals surface area contributed by atoms with Gasteiger partial charge in [-0.1, -0.05) is 20.8 Å². The van der Waals surface area contributed by atoms with Crippen LogP contribution in [0.4, 0.5) is 0 Å². The normalized spacial score (nSPS) is 21.4. The van der Waals surface area contributed by atoms with Gasteiger partial charge in [0, 0.05) is 13.1 Å². The highest BCUT2D eigenvalue weighted by molar-refractivity contribution is 6.05. The second-order valence-corrected chi connectivity index (χ2v) is 3.99. The highest BCUT2D eigenvalue weighted by Gasteiger charge is 2.47. The molecule has 80 valence electrons. The monoisotopic (exact) mass is 198 g/mol. The minimum absolute atomic E-state index is 0.0191. The number of hydrogen-bond acceptors (Lipinski definition) is 2. The van der Waals surface area contributed by atoms with Gasteiger partial charge in [0.1, 0.15) is 5.41 Å². The van der Waals surface area contributed by atoms with Crippen molar-refractivity contribution < 1.29 is 9.59 Å². The van der Waals surface area contributed by atoms with E-state index >= 15 is 0 Å². The Morgan fingerprint density at radius 1 is 1.21 bits per heavy atom. The van der Waals surface area contributed by atoms with Gasteiger partial charge in [0.15, 0.2) is 0 Å². The standard InChI is InChI=1S/C10H18N2O2/c1-4-10(7(2)3)8(13)11-5-6-12-9(10)14/h7H,4-6H2,1-3H3,(H,11,13)(H,12,14). The van der Waals surface area contributed by atoms with Crippen LogP contribution in [0, 0.1) is 11.3 Å². The van der Waals surface area contributed by atoms with Gasteiger partial charge in [-0.15, -0.1) is 0 Å². The van der Waals surface area contributed by atoms with Crippen molar-refractivity contribution in [2.24, 2.45) is 11.3 Å².